The Bertz CT molecular complexity index is 1350. The van der Waals surface area contributed by atoms with Gasteiger partial charge in [0.25, 0.3) is 11.4 Å². The van der Waals surface area contributed by atoms with Gasteiger partial charge in [-0.1, -0.05) is 38.1 Å². The van der Waals surface area contributed by atoms with Crippen molar-refractivity contribution in [3.05, 3.63) is 127 Å². The molecule has 8 heteroatoms. The van der Waals surface area contributed by atoms with E-state index in [1.54, 1.807) is 26.0 Å². The molecule has 0 atom stereocenters. The average molecular weight is 499 g/mol. The molecule has 0 heterocycles. The summed E-state index contributed by atoms with van der Waals surface area (Å²) in [6.07, 6.45) is 0. The number of non-ortho nitro benzene ring substituents is 2. The number of aryl methyl sites for hydroxylation is 2. The predicted molar refractivity (Wildman–Crippen MR) is 141 cm³/mol. The van der Waals surface area contributed by atoms with Gasteiger partial charge in [-0.25, -0.2) is 0 Å². The van der Waals surface area contributed by atoms with E-state index in [-0.39, 0.29) is 16.8 Å². The number of benzene rings is 4. The molecular weight excluding hydrogens is 472 g/mol. The van der Waals surface area contributed by atoms with Gasteiger partial charge in [-0.15, -0.1) is 0 Å². The molecular formula is C29H26N2O6. The second-order valence-electron chi connectivity index (χ2n) is 9.29. The maximum atomic E-state index is 11.0. The lowest BCUT2D eigenvalue weighted by atomic mass is 9.78. The fraction of sp³-hybridized carbons (Fsp3) is 0.172. The summed E-state index contributed by atoms with van der Waals surface area (Å²) >= 11 is 0. The highest BCUT2D eigenvalue weighted by Gasteiger charge is 2.23. The molecule has 0 aromatic heterocycles. The average Bonchev–Trinajstić information content (AvgIpc) is 2.87. The Morgan fingerprint density at radius 2 is 0.946 bits per heavy atom. The fourth-order valence-corrected chi connectivity index (χ4v) is 4.02. The van der Waals surface area contributed by atoms with E-state index < -0.39 is 9.85 Å². The third-order valence-electron chi connectivity index (χ3n) is 6.35. The smallest absolute Gasteiger partial charge is 0.269 e. The van der Waals surface area contributed by atoms with Gasteiger partial charge in [-0.2, -0.15) is 0 Å². The molecule has 4 rings (SSSR count). The minimum absolute atomic E-state index is 0.0289. The standard InChI is InChI=1S/C29H26N2O6/c1-19-17-23(30(32)33)9-15-27(19)36-25-11-5-21(6-12-25)29(3,4)22-7-13-26(14-8-22)37-28-16-10-24(31(34)35)18-20(28)2/h5-18H,1-4H3. The monoisotopic (exact) mass is 498 g/mol. The molecule has 0 bridgehead atoms. The molecule has 0 aliphatic heterocycles. The summed E-state index contributed by atoms with van der Waals surface area (Å²) in [6, 6.07) is 24.6. The predicted octanol–water partition coefficient (Wildman–Crippen LogP) is 8.03. The van der Waals surface area contributed by atoms with Crippen LogP contribution < -0.4 is 9.47 Å². The number of hydrogen-bond acceptors (Lipinski definition) is 6. The largest absolute Gasteiger partial charge is 0.457 e. The lowest BCUT2D eigenvalue weighted by molar-refractivity contribution is -0.385. The second-order valence-corrected chi connectivity index (χ2v) is 9.29. The Hall–Kier alpha value is -4.72. The Kier molecular flexibility index (Phi) is 6.93. The maximum absolute atomic E-state index is 11.0. The van der Waals surface area contributed by atoms with Crippen LogP contribution >= 0.6 is 0 Å². The van der Waals surface area contributed by atoms with Gasteiger partial charge in [0.2, 0.25) is 0 Å². The van der Waals surface area contributed by atoms with Gasteiger partial charge in [-0.3, -0.25) is 20.2 Å². The van der Waals surface area contributed by atoms with Gasteiger partial charge in [0.1, 0.15) is 23.0 Å². The summed E-state index contributed by atoms with van der Waals surface area (Å²) in [5, 5.41) is 21.9. The highest BCUT2D eigenvalue weighted by Crippen LogP contribution is 2.36. The first kappa shape index (κ1) is 25.4. The van der Waals surface area contributed by atoms with E-state index in [0.29, 0.717) is 34.1 Å². The summed E-state index contributed by atoms with van der Waals surface area (Å²) < 4.78 is 11.9. The Labute approximate surface area is 214 Å². The number of hydrogen-bond donors (Lipinski definition) is 0. The van der Waals surface area contributed by atoms with Crippen LogP contribution in [0.1, 0.15) is 36.1 Å². The normalized spacial score (nSPS) is 11.1. The van der Waals surface area contributed by atoms with Crippen molar-refractivity contribution >= 4 is 11.4 Å². The molecule has 0 saturated carbocycles. The summed E-state index contributed by atoms with van der Waals surface area (Å²) in [5.41, 5.74) is 3.29. The zero-order valence-corrected chi connectivity index (χ0v) is 20.9. The first-order chi connectivity index (χ1) is 17.5. The minimum atomic E-state index is -0.428. The number of nitro benzene ring substituents is 2. The molecule has 8 nitrogen and oxygen atoms in total. The molecule has 4 aromatic carbocycles. The van der Waals surface area contributed by atoms with E-state index in [1.807, 2.05) is 48.5 Å². The van der Waals surface area contributed by atoms with Crippen molar-refractivity contribution < 1.29 is 19.3 Å². The molecule has 0 aliphatic rings. The van der Waals surface area contributed by atoms with Crippen molar-refractivity contribution in [1.82, 2.24) is 0 Å². The first-order valence-electron chi connectivity index (χ1n) is 11.6. The van der Waals surface area contributed by atoms with Gasteiger partial charge < -0.3 is 9.47 Å². The van der Waals surface area contributed by atoms with Gasteiger partial charge in [0.15, 0.2) is 0 Å². The molecule has 188 valence electrons. The van der Waals surface area contributed by atoms with E-state index in [4.69, 9.17) is 9.47 Å². The molecule has 0 aliphatic carbocycles. The zero-order chi connectivity index (χ0) is 26.7. The van der Waals surface area contributed by atoms with Crippen molar-refractivity contribution in [3.8, 4) is 23.0 Å². The fourth-order valence-electron chi connectivity index (χ4n) is 4.02. The summed E-state index contributed by atoms with van der Waals surface area (Å²) in [7, 11) is 0. The molecule has 0 unspecified atom stereocenters. The Morgan fingerprint density at radius 3 is 1.24 bits per heavy atom. The van der Waals surface area contributed by atoms with Crippen LogP contribution in [-0.4, -0.2) is 9.85 Å². The molecule has 0 spiro atoms. The van der Waals surface area contributed by atoms with Crippen molar-refractivity contribution in [2.24, 2.45) is 0 Å². The molecule has 37 heavy (non-hydrogen) atoms. The van der Waals surface area contributed by atoms with Crippen molar-refractivity contribution in [1.29, 1.82) is 0 Å². The lowest BCUT2D eigenvalue weighted by Gasteiger charge is -2.26. The van der Waals surface area contributed by atoms with Gasteiger partial charge in [-0.05, 0) is 72.5 Å². The molecule has 0 saturated heterocycles. The van der Waals surface area contributed by atoms with Crippen LogP contribution in [0, 0.1) is 34.1 Å². The zero-order valence-electron chi connectivity index (χ0n) is 20.9. The second kappa shape index (κ2) is 10.1. The highest BCUT2D eigenvalue weighted by molar-refractivity contribution is 5.48. The Balaban J connectivity index is 1.47. The number of nitrogens with zero attached hydrogens (tertiary/aromatic N) is 2. The van der Waals surface area contributed by atoms with E-state index in [1.165, 1.54) is 24.3 Å². The van der Waals surface area contributed by atoms with E-state index in [9.17, 15) is 20.2 Å². The number of rotatable bonds is 8. The number of nitro groups is 2. The third kappa shape index (κ3) is 5.59. The van der Waals surface area contributed by atoms with E-state index in [0.717, 1.165) is 11.1 Å². The Morgan fingerprint density at radius 1 is 0.595 bits per heavy atom. The van der Waals surface area contributed by atoms with Crippen LogP contribution in [-0.2, 0) is 5.41 Å². The van der Waals surface area contributed by atoms with Crippen LogP contribution in [0.15, 0.2) is 84.9 Å². The summed E-state index contributed by atoms with van der Waals surface area (Å²) in [5.74, 6) is 2.41. The van der Waals surface area contributed by atoms with Crippen molar-refractivity contribution in [3.63, 3.8) is 0 Å². The van der Waals surface area contributed by atoms with E-state index in [2.05, 4.69) is 13.8 Å². The van der Waals surface area contributed by atoms with Gasteiger partial charge in [0.05, 0.1) is 9.85 Å². The van der Waals surface area contributed by atoms with Gasteiger partial charge >= 0.3 is 0 Å². The molecule has 0 N–H and O–H groups in total. The first-order valence-corrected chi connectivity index (χ1v) is 11.6. The summed E-state index contributed by atoms with van der Waals surface area (Å²) in [4.78, 5) is 21.1. The molecule has 4 aromatic rings. The van der Waals surface area contributed by atoms with Crippen molar-refractivity contribution in [2.45, 2.75) is 33.1 Å². The van der Waals surface area contributed by atoms with Gasteiger partial charge in [0, 0.05) is 29.7 Å². The molecule has 0 radical (unpaired) electrons. The van der Waals surface area contributed by atoms with Crippen LogP contribution in [0.5, 0.6) is 23.0 Å². The van der Waals surface area contributed by atoms with Crippen LogP contribution in [0.25, 0.3) is 0 Å². The SMILES string of the molecule is Cc1cc([N+](=O)[O-])ccc1Oc1ccc(C(C)(C)c2ccc(Oc3ccc([N+](=O)[O-])cc3C)cc2)cc1. The van der Waals surface area contributed by atoms with Crippen LogP contribution in [0.3, 0.4) is 0 Å². The maximum Gasteiger partial charge on any atom is 0.269 e. The topological polar surface area (TPSA) is 105 Å². The third-order valence-corrected chi connectivity index (χ3v) is 6.35. The highest BCUT2D eigenvalue weighted by atomic mass is 16.6. The van der Waals surface area contributed by atoms with Crippen LogP contribution in [0.4, 0.5) is 11.4 Å². The van der Waals surface area contributed by atoms with E-state index >= 15 is 0 Å². The van der Waals surface area contributed by atoms with Crippen LogP contribution in [0.2, 0.25) is 0 Å². The minimum Gasteiger partial charge on any atom is -0.457 e. The molecule has 0 amide bonds. The molecule has 0 fully saturated rings. The quantitative estimate of drug-likeness (QED) is 0.180. The summed E-state index contributed by atoms with van der Waals surface area (Å²) in [6.45, 7) is 7.80. The lowest BCUT2D eigenvalue weighted by Crippen LogP contribution is -2.18. The number of ether oxygens (including phenoxy) is 2. The van der Waals surface area contributed by atoms with Crippen molar-refractivity contribution in [2.75, 3.05) is 0 Å².